The summed E-state index contributed by atoms with van der Waals surface area (Å²) in [6.07, 6.45) is 5.12. The fourth-order valence-electron chi connectivity index (χ4n) is 3.31. The van der Waals surface area contributed by atoms with Crippen molar-refractivity contribution in [3.05, 3.63) is 95.9 Å². The van der Waals surface area contributed by atoms with E-state index < -0.39 is 9.84 Å². The highest BCUT2D eigenvalue weighted by atomic mass is 32.2. The van der Waals surface area contributed by atoms with E-state index in [1.165, 1.54) is 36.4 Å². The molecule has 4 rings (SSSR count). The molecule has 9 heteroatoms. The lowest BCUT2D eigenvalue weighted by Gasteiger charge is -2.09. The third kappa shape index (κ3) is 4.78. The summed E-state index contributed by atoms with van der Waals surface area (Å²) >= 11 is 0. The van der Waals surface area contributed by atoms with E-state index in [0.29, 0.717) is 17.7 Å². The summed E-state index contributed by atoms with van der Waals surface area (Å²) in [7, 11) is -3.73. The lowest BCUT2D eigenvalue weighted by atomic mass is 10.2. The van der Waals surface area contributed by atoms with Crippen LogP contribution in [-0.4, -0.2) is 36.2 Å². The van der Waals surface area contributed by atoms with Crippen molar-refractivity contribution in [2.24, 2.45) is 0 Å². The number of benzene rings is 2. The number of nitrogens with zero attached hydrogens (tertiary/aromatic N) is 2. The number of carbonyl (C=O) groups is 2. The number of hydrogen-bond acceptors (Lipinski definition) is 5. The topological polar surface area (TPSA) is 110 Å². The minimum absolute atomic E-state index is 0.103. The van der Waals surface area contributed by atoms with Gasteiger partial charge in [0.1, 0.15) is 5.65 Å². The summed E-state index contributed by atoms with van der Waals surface area (Å²) in [6.45, 7) is 2.56. The molecule has 8 nitrogen and oxygen atoms in total. The highest BCUT2D eigenvalue weighted by Gasteiger charge is 2.18. The van der Waals surface area contributed by atoms with Crippen LogP contribution >= 0.6 is 0 Å². The van der Waals surface area contributed by atoms with E-state index in [1.807, 2.05) is 6.92 Å². The molecule has 2 amide bonds. The summed E-state index contributed by atoms with van der Waals surface area (Å²) in [5, 5.41) is 5.50. The van der Waals surface area contributed by atoms with Gasteiger partial charge in [0.2, 0.25) is 9.84 Å². The molecule has 0 atom stereocenters. The van der Waals surface area contributed by atoms with Crippen molar-refractivity contribution in [3.63, 3.8) is 0 Å². The number of amides is 2. The van der Waals surface area contributed by atoms with Crippen LogP contribution in [0.3, 0.4) is 0 Å². The molecule has 2 aromatic heterocycles. The lowest BCUT2D eigenvalue weighted by molar-refractivity contribution is 0.0944. The van der Waals surface area contributed by atoms with Crippen LogP contribution in [-0.2, 0) is 16.4 Å². The van der Waals surface area contributed by atoms with Gasteiger partial charge in [0.25, 0.3) is 11.8 Å². The van der Waals surface area contributed by atoms with Crippen LogP contribution in [0.25, 0.3) is 5.65 Å². The molecule has 0 spiro atoms. The van der Waals surface area contributed by atoms with Gasteiger partial charge in [-0.25, -0.2) is 13.4 Å². The third-order valence-electron chi connectivity index (χ3n) is 5.10. The van der Waals surface area contributed by atoms with E-state index in [4.69, 9.17) is 0 Å². The summed E-state index contributed by atoms with van der Waals surface area (Å²) < 4.78 is 27.6. The standard InChI is InChI=1S/C24H22N4O4S/c1-2-25-23(29)18-5-10-21(11-6-18)33(31,32)20-8-3-17(4-9-20)15-27-24(30)19-7-12-22-26-13-14-28(22)16-19/h3-14,16H,2,15H2,1H3,(H,25,29)(H,27,30). The first-order valence-corrected chi connectivity index (χ1v) is 11.8. The second kappa shape index (κ2) is 9.25. The van der Waals surface area contributed by atoms with Gasteiger partial charge in [-0.1, -0.05) is 12.1 Å². The molecule has 0 saturated carbocycles. The minimum atomic E-state index is -3.73. The minimum Gasteiger partial charge on any atom is -0.352 e. The molecule has 0 bridgehead atoms. The Labute approximate surface area is 191 Å². The Morgan fingerprint density at radius 2 is 1.45 bits per heavy atom. The molecule has 0 aliphatic carbocycles. The van der Waals surface area contributed by atoms with Gasteiger partial charge in [-0.2, -0.15) is 0 Å². The molecular formula is C24H22N4O4S. The Kier molecular flexibility index (Phi) is 6.23. The van der Waals surface area contributed by atoms with Gasteiger partial charge in [-0.3, -0.25) is 9.59 Å². The second-order valence-corrected chi connectivity index (χ2v) is 9.27. The van der Waals surface area contributed by atoms with E-state index in [2.05, 4.69) is 15.6 Å². The highest BCUT2D eigenvalue weighted by molar-refractivity contribution is 7.91. The van der Waals surface area contributed by atoms with E-state index in [-0.39, 0.29) is 28.2 Å². The zero-order chi connectivity index (χ0) is 23.4. The molecule has 0 aliphatic heterocycles. The fraction of sp³-hybridized carbons (Fsp3) is 0.125. The highest BCUT2D eigenvalue weighted by Crippen LogP contribution is 2.22. The normalized spacial score (nSPS) is 11.3. The number of rotatable bonds is 7. The maximum atomic E-state index is 12.9. The number of pyridine rings is 1. The average Bonchev–Trinajstić information content (AvgIpc) is 3.31. The van der Waals surface area contributed by atoms with Crippen LogP contribution in [0.4, 0.5) is 0 Å². The van der Waals surface area contributed by atoms with Crippen molar-refractivity contribution < 1.29 is 18.0 Å². The quantitative estimate of drug-likeness (QED) is 0.439. The Bertz CT molecular complexity index is 1410. The molecule has 0 aliphatic rings. The predicted molar refractivity (Wildman–Crippen MR) is 123 cm³/mol. The predicted octanol–water partition coefficient (Wildman–Crippen LogP) is 2.85. The summed E-state index contributed by atoms with van der Waals surface area (Å²) in [4.78, 5) is 28.7. The molecule has 33 heavy (non-hydrogen) atoms. The smallest absolute Gasteiger partial charge is 0.253 e. The Hall–Kier alpha value is -3.98. The number of hydrogen-bond donors (Lipinski definition) is 2. The lowest BCUT2D eigenvalue weighted by Crippen LogP contribution is -2.23. The van der Waals surface area contributed by atoms with Crippen molar-refractivity contribution in [2.75, 3.05) is 6.54 Å². The van der Waals surface area contributed by atoms with Crippen LogP contribution in [0, 0.1) is 0 Å². The van der Waals surface area contributed by atoms with Gasteiger partial charge >= 0.3 is 0 Å². The molecule has 168 valence electrons. The number of fused-ring (bicyclic) bond motifs is 1. The van der Waals surface area contributed by atoms with Crippen LogP contribution in [0.5, 0.6) is 0 Å². The number of carbonyl (C=O) groups excluding carboxylic acids is 2. The Morgan fingerprint density at radius 3 is 2.12 bits per heavy atom. The van der Waals surface area contributed by atoms with Gasteiger partial charge in [0, 0.05) is 37.2 Å². The molecule has 2 N–H and O–H groups in total. The summed E-state index contributed by atoms with van der Waals surface area (Å²) in [5.74, 6) is -0.493. The second-order valence-electron chi connectivity index (χ2n) is 7.32. The Balaban J connectivity index is 1.42. The third-order valence-corrected chi connectivity index (χ3v) is 6.89. The SMILES string of the molecule is CCNC(=O)c1ccc(S(=O)(=O)c2ccc(CNC(=O)c3ccc4nccn4c3)cc2)cc1. The van der Waals surface area contributed by atoms with E-state index in [9.17, 15) is 18.0 Å². The number of imidazole rings is 1. The first-order valence-electron chi connectivity index (χ1n) is 10.3. The summed E-state index contributed by atoms with van der Waals surface area (Å²) in [5.41, 5.74) is 2.41. The largest absolute Gasteiger partial charge is 0.352 e. The number of aromatic nitrogens is 2. The molecule has 0 fully saturated rings. The van der Waals surface area contributed by atoms with E-state index in [1.54, 1.807) is 47.3 Å². The molecule has 0 radical (unpaired) electrons. The zero-order valence-corrected chi connectivity index (χ0v) is 18.7. The van der Waals surface area contributed by atoms with E-state index >= 15 is 0 Å². The van der Waals surface area contributed by atoms with Crippen LogP contribution in [0.2, 0.25) is 0 Å². The fourth-order valence-corrected chi connectivity index (χ4v) is 4.57. The van der Waals surface area contributed by atoms with Crippen molar-refractivity contribution in [2.45, 2.75) is 23.3 Å². The molecule has 2 aromatic carbocycles. The molecular weight excluding hydrogens is 440 g/mol. The molecule has 2 heterocycles. The summed E-state index contributed by atoms with van der Waals surface area (Å²) in [6, 6.07) is 15.6. The monoisotopic (exact) mass is 462 g/mol. The van der Waals surface area contributed by atoms with Crippen LogP contribution in [0.15, 0.2) is 89.0 Å². The first kappa shape index (κ1) is 22.2. The van der Waals surface area contributed by atoms with Crippen LogP contribution in [0.1, 0.15) is 33.2 Å². The van der Waals surface area contributed by atoms with Gasteiger partial charge < -0.3 is 15.0 Å². The number of sulfone groups is 1. The zero-order valence-electron chi connectivity index (χ0n) is 17.9. The van der Waals surface area contributed by atoms with Crippen molar-refractivity contribution >= 4 is 27.3 Å². The van der Waals surface area contributed by atoms with Gasteiger partial charge in [-0.05, 0) is 61.0 Å². The first-order chi connectivity index (χ1) is 15.9. The molecule has 4 aromatic rings. The van der Waals surface area contributed by atoms with Crippen molar-refractivity contribution in [1.29, 1.82) is 0 Å². The number of nitrogens with one attached hydrogen (secondary N) is 2. The Morgan fingerprint density at radius 1 is 0.848 bits per heavy atom. The van der Waals surface area contributed by atoms with E-state index in [0.717, 1.165) is 11.2 Å². The average molecular weight is 463 g/mol. The van der Waals surface area contributed by atoms with Crippen LogP contribution < -0.4 is 10.6 Å². The van der Waals surface area contributed by atoms with Gasteiger partial charge in [0.05, 0.1) is 15.4 Å². The van der Waals surface area contributed by atoms with Gasteiger partial charge in [0.15, 0.2) is 0 Å². The maximum Gasteiger partial charge on any atom is 0.253 e. The molecule has 0 unspecified atom stereocenters. The van der Waals surface area contributed by atoms with Crippen molar-refractivity contribution in [3.8, 4) is 0 Å². The van der Waals surface area contributed by atoms with Crippen molar-refractivity contribution in [1.82, 2.24) is 20.0 Å². The van der Waals surface area contributed by atoms with Gasteiger partial charge in [-0.15, -0.1) is 0 Å². The molecule has 0 saturated heterocycles. The maximum absolute atomic E-state index is 12.9.